The Bertz CT molecular complexity index is 1060. The minimum absolute atomic E-state index is 0.0527. The van der Waals surface area contributed by atoms with Crippen LogP contribution in [0.1, 0.15) is 35.8 Å². The lowest BCUT2D eigenvalue weighted by Crippen LogP contribution is -2.29. The zero-order chi connectivity index (χ0) is 19.7. The smallest absolute Gasteiger partial charge is 0.263 e. The van der Waals surface area contributed by atoms with E-state index in [9.17, 15) is 4.79 Å². The highest BCUT2D eigenvalue weighted by atomic mass is 35.5. The number of rotatable bonds is 6. The number of nitrogens with zero attached hydrogens (tertiary/aromatic N) is 3. The van der Waals surface area contributed by atoms with E-state index < -0.39 is 0 Å². The number of fused-ring (bicyclic) bond motifs is 1. The van der Waals surface area contributed by atoms with Crippen LogP contribution in [0, 0.1) is 6.92 Å². The van der Waals surface area contributed by atoms with Gasteiger partial charge in [0, 0.05) is 23.4 Å². The van der Waals surface area contributed by atoms with Crippen molar-refractivity contribution < 1.29 is 4.74 Å². The van der Waals surface area contributed by atoms with Gasteiger partial charge in [0.15, 0.2) is 5.16 Å². The molecule has 1 aliphatic heterocycles. The summed E-state index contributed by atoms with van der Waals surface area (Å²) in [5.41, 5.74) is 2.23. The predicted octanol–water partition coefficient (Wildman–Crippen LogP) is 4.85. The van der Waals surface area contributed by atoms with E-state index in [2.05, 4.69) is 18.8 Å². The van der Waals surface area contributed by atoms with E-state index in [0.29, 0.717) is 17.5 Å². The van der Waals surface area contributed by atoms with E-state index in [-0.39, 0.29) is 11.7 Å². The molecule has 0 N–H and O–H groups in total. The normalized spacial score (nSPS) is 16.9. The lowest BCUT2D eigenvalue weighted by atomic mass is 10.1. The molecule has 0 aliphatic carbocycles. The quantitative estimate of drug-likeness (QED) is 0.314. The number of hydrogen-bond donors (Lipinski definition) is 0. The Morgan fingerprint density at radius 2 is 2.32 bits per heavy atom. The zero-order valence-corrected chi connectivity index (χ0v) is 18.3. The second-order valence-corrected chi connectivity index (χ2v) is 9.42. The van der Waals surface area contributed by atoms with E-state index in [1.807, 2.05) is 16.7 Å². The fraction of sp³-hybridized carbons (Fsp3) is 0.450. The monoisotopic (exact) mass is 435 g/mol. The molecular formula is C20H22ClN3O2S2. The molecule has 1 aliphatic rings. The van der Waals surface area contributed by atoms with E-state index in [0.717, 1.165) is 52.4 Å². The van der Waals surface area contributed by atoms with Gasteiger partial charge in [0.25, 0.3) is 5.56 Å². The Kier molecular flexibility index (Phi) is 6.06. The predicted molar refractivity (Wildman–Crippen MR) is 116 cm³/mol. The topological polar surface area (TPSA) is 57.0 Å². The molecule has 0 spiro atoms. The highest BCUT2D eigenvalue weighted by Crippen LogP contribution is 2.31. The van der Waals surface area contributed by atoms with Gasteiger partial charge in [0.05, 0.1) is 18.0 Å². The number of hydrogen-bond acceptors (Lipinski definition) is 6. The molecule has 1 saturated heterocycles. The molecular weight excluding hydrogens is 414 g/mol. The number of pyridine rings is 1. The molecule has 0 amide bonds. The maximum Gasteiger partial charge on any atom is 0.263 e. The third kappa shape index (κ3) is 3.99. The van der Waals surface area contributed by atoms with E-state index >= 15 is 0 Å². The fourth-order valence-corrected chi connectivity index (χ4v) is 5.90. The number of aromatic nitrogens is 3. The number of ether oxygens (including phenoxy) is 1. The molecule has 1 atom stereocenters. The maximum absolute atomic E-state index is 13.4. The molecule has 4 rings (SSSR count). The van der Waals surface area contributed by atoms with Crippen molar-refractivity contribution in [2.75, 3.05) is 6.61 Å². The van der Waals surface area contributed by atoms with Gasteiger partial charge in [-0.3, -0.25) is 9.36 Å². The van der Waals surface area contributed by atoms with Crippen LogP contribution >= 0.6 is 34.7 Å². The standard InChI is InChI=1S/C20H22ClN3O2S2/c1-3-15-12(2)28-18-17(15)19(25)24(10-14-5-4-8-26-14)20(23-18)27-11-13-6-7-22-16(21)9-13/h6-7,9,14H,3-5,8,10-11H2,1-2H3/t14-/m0/s1. The van der Waals surface area contributed by atoms with Crippen LogP contribution in [0.25, 0.3) is 10.2 Å². The van der Waals surface area contributed by atoms with Crippen LogP contribution < -0.4 is 5.56 Å². The van der Waals surface area contributed by atoms with Gasteiger partial charge in [-0.25, -0.2) is 9.97 Å². The van der Waals surface area contributed by atoms with E-state index in [1.165, 1.54) is 4.88 Å². The summed E-state index contributed by atoms with van der Waals surface area (Å²) in [6, 6.07) is 3.78. The number of thioether (sulfide) groups is 1. The molecule has 1 fully saturated rings. The lowest BCUT2D eigenvalue weighted by molar-refractivity contribution is 0.0937. The average Bonchev–Trinajstić information content (AvgIpc) is 3.29. The van der Waals surface area contributed by atoms with Crippen LogP contribution in [-0.4, -0.2) is 27.2 Å². The third-order valence-corrected chi connectivity index (χ3v) is 7.30. The Morgan fingerprint density at radius 1 is 1.46 bits per heavy atom. The molecule has 0 radical (unpaired) electrons. The molecule has 5 nitrogen and oxygen atoms in total. The van der Waals surface area contributed by atoms with Crippen molar-refractivity contribution in [2.24, 2.45) is 0 Å². The van der Waals surface area contributed by atoms with Gasteiger partial charge in [-0.2, -0.15) is 0 Å². The van der Waals surface area contributed by atoms with Gasteiger partial charge < -0.3 is 4.74 Å². The van der Waals surface area contributed by atoms with Crippen LogP contribution in [-0.2, 0) is 23.5 Å². The highest BCUT2D eigenvalue weighted by molar-refractivity contribution is 7.98. The molecule has 0 unspecified atom stereocenters. The Hall–Kier alpha value is -1.41. The Morgan fingerprint density at radius 3 is 3.04 bits per heavy atom. The molecule has 0 saturated carbocycles. The summed E-state index contributed by atoms with van der Waals surface area (Å²) in [4.78, 5) is 24.3. The van der Waals surface area contributed by atoms with Gasteiger partial charge in [0.1, 0.15) is 9.98 Å². The minimum atomic E-state index is 0.0527. The van der Waals surface area contributed by atoms with Gasteiger partial charge in [0.2, 0.25) is 0 Å². The Balaban J connectivity index is 1.75. The van der Waals surface area contributed by atoms with Crippen molar-refractivity contribution >= 4 is 44.9 Å². The van der Waals surface area contributed by atoms with Crippen LogP contribution in [0.3, 0.4) is 0 Å². The van der Waals surface area contributed by atoms with Gasteiger partial charge >= 0.3 is 0 Å². The summed E-state index contributed by atoms with van der Waals surface area (Å²) in [7, 11) is 0. The molecule has 8 heteroatoms. The van der Waals surface area contributed by atoms with Gasteiger partial charge in [-0.05, 0) is 49.4 Å². The lowest BCUT2D eigenvalue weighted by Gasteiger charge is -2.16. The fourth-order valence-electron chi connectivity index (χ4n) is 3.60. The average molecular weight is 436 g/mol. The van der Waals surface area contributed by atoms with Crippen molar-refractivity contribution in [2.45, 2.75) is 56.7 Å². The number of halogens is 1. The number of aryl methyl sites for hydroxylation is 2. The van der Waals surface area contributed by atoms with Gasteiger partial charge in [-0.1, -0.05) is 30.3 Å². The second-order valence-electron chi connectivity index (χ2n) is 6.89. The van der Waals surface area contributed by atoms with Crippen molar-refractivity contribution in [1.29, 1.82) is 0 Å². The highest BCUT2D eigenvalue weighted by Gasteiger charge is 2.22. The van der Waals surface area contributed by atoms with Gasteiger partial charge in [-0.15, -0.1) is 11.3 Å². The number of thiophene rings is 1. The summed E-state index contributed by atoms with van der Waals surface area (Å²) < 4.78 is 7.62. The summed E-state index contributed by atoms with van der Waals surface area (Å²) in [6.07, 6.45) is 4.65. The van der Waals surface area contributed by atoms with Crippen LogP contribution in [0.5, 0.6) is 0 Å². The first kappa shape index (κ1) is 19.9. The van der Waals surface area contributed by atoms with Crippen LogP contribution in [0.4, 0.5) is 0 Å². The minimum Gasteiger partial charge on any atom is -0.376 e. The van der Waals surface area contributed by atoms with E-state index in [4.69, 9.17) is 21.3 Å². The third-order valence-electron chi connectivity index (χ3n) is 5.00. The zero-order valence-electron chi connectivity index (χ0n) is 15.9. The first-order chi connectivity index (χ1) is 13.6. The van der Waals surface area contributed by atoms with E-state index in [1.54, 1.807) is 29.3 Å². The summed E-state index contributed by atoms with van der Waals surface area (Å²) in [5, 5.41) is 1.99. The molecule has 3 aromatic rings. The summed E-state index contributed by atoms with van der Waals surface area (Å²) >= 11 is 9.17. The first-order valence-corrected chi connectivity index (χ1v) is 11.6. The second kappa shape index (κ2) is 8.53. The maximum atomic E-state index is 13.4. The SMILES string of the molecule is CCc1c(C)sc2nc(SCc3ccnc(Cl)c3)n(C[C@@H]3CCCO3)c(=O)c12. The Labute approximate surface area is 177 Å². The molecule has 0 bridgehead atoms. The van der Waals surface area contributed by atoms with Crippen molar-refractivity contribution in [1.82, 2.24) is 14.5 Å². The molecule has 148 valence electrons. The van der Waals surface area contributed by atoms with Crippen molar-refractivity contribution in [3.05, 3.63) is 49.8 Å². The van der Waals surface area contributed by atoms with Crippen molar-refractivity contribution in [3.8, 4) is 0 Å². The molecule has 28 heavy (non-hydrogen) atoms. The van der Waals surface area contributed by atoms with Crippen LogP contribution in [0.15, 0.2) is 28.3 Å². The largest absolute Gasteiger partial charge is 0.376 e. The molecule has 3 aromatic heterocycles. The van der Waals surface area contributed by atoms with Crippen molar-refractivity contribution in [3.63, 3.8) is 0 Å². The molecule has 4 heterocycles. The summed E-state index contributed by atoms with van der Waals surface area (Å²) in [6.45, 7) is 5.49. The van der Waals surface area contributed by atoms with Crippen LogP contribution in [0.2, 0.25) is 5.15 Å². The molecule has 0 aromatic carbocycles. The first-order valence-electron chi connectivity index (χ1n) is 9.44. The summed E-state index contributed by atoms with van der Waals surface area (Å²) in [5.74, 6) is 0.677.